The standard InChI is InChI=1S/C40H42ClN3O6/c1-2-50-40(49)29-19-23-44(24-20-29)34-14-10-32(11-15-34)42-38(46)30-7-16-35(26-3-8-31(41)9-4-26)36(25-30)37(45)27-17-21-43(22-18-27)33-12-5-28(6-13-33)39(47)48/h3-16,25,27,29,37,45H,2,17-24H2,1H3,(H,42,46)(H,47,48)/t37-/m0/s1. The number of halogens is 1. The lowest BCUT2D eigenvalue weighted by molar-refractivity contribution is -0.148. The molecule has 0 radical (unpaired) electrons. The van der Waals surface area contributed by atoms with Crippen molar-refractivity contribution in [2.75, 3.05) is 47.9 Å². The number of ether oxygens (including phenoxy) is 1. The predicted octanol–water partition coefficient (Wildman–Crippen LogP) is 7.69. The number of carbonyl (C=O) groups excluding carboxylic acids is 2. The van der Waals surface area contributed by atoms with Crippen molar-refractivity contribution in [1.82, 2.24) is 0 Å². The third-order valence-corrected chi connectivity index (χ3v) is 10.1. The quantitative estimate of drug-likeness (QED) is 0.145. The average Bonchev–Trinajstić information content (AvgIpc) is 3.15. The minimum absolute atomic E-state index is 0.0381. The van der Waals surface area contributed by atoms with Gasteiger partial charge in [0.2, 0.25) is 0 Å². The van der Waals surface area contributed by atoms with Crippen molar-refractivity contribution in [3.63, 3.8) is 0 Å². The lowest BCUT2D eigenvalue weighted by Gasteiger charge is -2.36. The molecule has 0 aromatic heterocycles. The van der Waals surface area contributed by atoms with Crippen molar-refractivity contribution >= 4 is 46.5 Å². The number of aromatic carboxylic acids is 1. The average molecular weight is 696 g/mol. The second-order valence-corrected chi connectivity index (χ2v) is 13.4. The van der Waals surface area contributed by atoms with Gasteiger partial charge in [0.05, 0.1) is 24.2 Å². The number of carbonyl (C=O) groups is 3. The number of hydrogen-bond acceptors (Lipinski definition) is 7. The summed E-state index contributed by atoms with van der Waals surface area (Å²) >= 11 is 6.18. The van der Waals surface area contributed by atoms with Gasteiger partial charge in [-0.25, -0.2) is 4.79 Å². The zero-order chi connectivity index (χ0) is 35.2. The van der Waals surface area contributed by atoms with Crippen LogP contribution in [0.25, 0.3) is 11.1 Å². The number of rotatable bonds is 10. The Balaban J connectivity index is 1.14. The highest BCUT2D eigenvalue weighted by Gasteiger charge is 2.29. The van der Waals surface area contributed by atoms with Crippen LogP contribution >= 0.6 is 11.6 Å². The second-order valence-electron chi connectivity index (χ2n) is 12.9. The molecule has 0 aliphatic carbocycles. The molecule has 3 N–H and O–H groups in total. The molecule has 6 rings (SSSR count). The Hall–Kier alpha value is -4.86. The predicted molar refractivity (Wildman–Crippen MR) is 196 cm³/mol. The molecule has 2 saturated heterocycles. The Morgan fingerprint density at radius 3 is 1.94 bits per heavy atom. The van der Waals surface area contributed by atoms with Gasteiger partial charge in [-0.15, -0.1) is 0 Å². The van der Waals surface area contributed by atoms with E-state index in [0.29, 0.717) is 41.5 Å². The van der Waals surface area contributed by atoms with E-state index < -0.39 is 12.1 Å². The number of carboxylic acids is 1. The highest BCUT2D eigenvalue weighted by atomic mass is 35.5. The van der Waals surface area contributed by atoms with E-state index in [4.69, 9.17) is 16.3 Å². The maximum atomic E-state index is 13.6. The summed E-state index contributed by atoms with van der Waals surface area (Å²) in [4.78, 5) is 41.4. The summed E-state index contributed by atoms with van der Waals surface area (Å²) in [5.74, 6) is -1.44. The summed E-state index contributed by atoms with van der Waals surface area (Å²) in [6, 6.07) is 27.5. The third kappa shape index (κ3) is 8.12. The molecule has 9 nitrogen and oxygen atoms in total. The van der Waals surface area contributed by atoms with Gasteiger partial charge < -0.3 is 30.1 Å². The van der Waals surface area contributed by atoms with E-state index in [-0.39, 0.29) is 29.3 Å². The number of anilines is 3. The zero-order valence-electron chi connectivity index (χ0n) is 28.1. The van der Waals surface area contributed by atoms with Crippen LogP contribution in [0, 0.1) is 11.8 Å². The molecular weight excluding hydrogens is 654 g/mol. The largest absolute Gasteiger partial charge is 0.478 e. The van der Waals surface area contributed by atoms with Crippen molar-refractivity contribution in [2.45, 2.75) is 38.7 Å². The molecule has 10 heteroatoms. The molecule has 1 atom stereocenters. The van der Waals surface area contributed by atoms with E-state index >= 15 is 0 Å². The second kappa shape index (κ2) is 15.8. The van der Waals surface area contributed by atoms with E-state index in [2.05, 4.69) is 15.1 Å². The minimum Gasteiger partial charge on any atom is -0.478 e. The van der Waals surface area contributed by atoms with Gasteiger partial charge in [-0.1, -0.05) is 29.8 Å². The van der Waals surface area contributed by atoms with Gasteiger partial charge in [0.25, 0.3) is 5.91 Å². The molecule has 260 valence electrons. The molecule has 4 aromatic carbocycles. The van der Waals surface area contributed by atoms with Gasteiger partial charge in [0, 0.05) is 53.8 Å². The number of esters is 1. The maximum absolute atomic E-state index is 13.6. The third-order valence-electron chi connectivity index (χ3n) is 9.86. The van der Waals surface area contributed by atoms with Crippen molar-refractivity contribution in [3.05, 3.63) is 113 Å². The van der Waals surface area contributed by atoms with Gasteiger partial charge in [-0.3, -0.25) is 9.59 Å². The Kier molecular flexibility index (Phi) is 11.0. The number of benzene rings is 4. The SMILES string of the molecule is CCOC(=O)C1CCN(c2ccc(NC(=O)c3ccc(-c4ccc(Cl)cc4)c([C@@H](O)C4CCN(c5ccc(C(=O)O)cc5)CC4)c3)cc2)CC1. The summed E-state index contributed by atoms with van der Waals surface area (Å²) < 4.78 is 5.19. The minimum atomic E-state index is -0.954. The highest BCUT2D eigenvalue weighted by molar-refractivity contribution is 6.30. The number of aliphatic hydroxyl groups is 1. The van der Waals surface area contributed by atoms with E-state index in [0.717, 1.165) is 61.3 Å². The van der Waals surface area contributed by atoms with E-state index in [1.807, 2.05) is 73.7 Å². The maximum Gasteiger partial charge on any atom is 0.335 e. The molecule has 0 bridgehead atoms. The Morgan fingerprint density at radius 2 is 1.36 bits per heavy atom. The van der Waals surface area contributed by atoms with Gasteiger partial charge >= 0.3 is 11.9 Å². The molecule has 4 aromatic rings. The molecule has 50 heavy (non-hydrogen) atoms. The van der Waals surface area contributed by atoms with Crippen molar-refractivity contribution in [2.24, 2.45) is 11.8 Å². The first kappa shape index (κ1) is 35.0. The number of amides is 1. The van der Waals surface area contributed by atoms with Crippen molar-refractivity contribution in [3.8, 4) is 11.1 Å². The Bertz CT molecular complexity index is 1800. The Morgan fingerprint density at radius 1 is 0.800 bits per heavy atom. The summed E-state index contributed by atoms with van der Waals surface area (Å²) in [5, 5.41) is 24.7. The fraction of sp³-hybridized carbons (Fsp3) is 0.325. The monoisotopic (exact) mass is 695 g/mol. The van der Waals surface area contributed by atoms with Crippen molar-refractivity contribution in [1.29, 1.82) is 0 Å². The van der Waals surface area contributed by atoms with E-state index in [1.165, 1.54) is 0 Å². The molecule has 0 saturated carbocycles. The fourth-order valence-corrected chi connectivity index (χ4v) is 7.10. The van der Waals surface area contributed by atoms with Crippen LogP contribution in [0.1, 0.15) is 65.0 Å². The van der Waals surface area contributed by atoms with Crippen LogP contribution in [0.4, 0.5) is 17.1 Å². The van der Waals surface area contributed by atoms with Gasteiger partial charge in [-0.2, -0.15) is 0 Å². The molecular formula is C40H42ClN3O6. The lowest BCUT2D eigenvalue weighted by Crippen LogP contribution is -2.36. The van der Waals surface area contributed by atoms with Crippen LogP contribution in [-0.2, 0) is 9.53 Å². The van der Waals surface area contributed by atoms with Gasteiger partial charge in [-0.05, 0) is 128 Å². The van der Waals surface area contributed by atoms with Crippen LogP contribution in [0.2, 0.25) is 5.02 Å². The number of nitrogens with one attached hydrogen (secondary N) is 1. The number of hydrogen-bond donors (Lipinski definition) is 3. The smallest absolute Gasteiger partial charge is 0.335 e. The van der Waals surface area contributed by atoms with E-state index in [9.17, 15) is 24.6 Å². The van der Waals surface area contributed by atoms with Crippen molar-refractivity contribution < 1.29 is 29.3 Å². The van der Waals surface area contributed by atoms with Gasteiger partial charge in [0.15, 0.2) is 0 Å². The molecule has 1 amide bonds. The number of aliphatic hydroxyl groups excluding tert-OH is 1. The topological polar surface area (TPSA) is 119 Å². The summed E-state index contributed by atoms with van der Waals surface area (Å²) in [5.41, 5.74) is 5.76. The first-order valence-corrected chi connectivity index (χ1v) is 17.6. The lowest BCUT2D eigenvalue weighted by atomic mass is 9.83. The molecule has 2 aliphatic rings. The van der Waals surface area contributed by atoms with Crippen LogP contribution in [0.15, 0.2) is 91.0 Å². The van der Waals surface area contributed by atoms with E-state index in [1.54, 1.807) is 24.3 Å². The first-order valence-electron chi connectivity index (χ1n) is 17.2. The van der Waals surface area contributed by atoms with Crippen LogP contribution in [0.3, 0.4) is 0 Å². The molecule has 2 fully saturated rings. The fourth-order valence-electron chi connectivity index (χ4n) is 6.98. The summed E-state index contributed by atoms with van der Waals surface area (Å²) in [7, 11) is 0. The van der Waals surface area contributed by atoms with Crippen LogP contribution in [-0.4, -0.2) is 60.8 Å². The molecule has 2 aliphatic heterocycles. The van der Waals surface area contributed by atoms with Crippen LogP contribution < -0.4 is 15.1 Å². The Labute approximate surface area is 297 Å². The zero-order valence-corrected chi connectivity index (χ0v) is 28.8. The summed E-state index contributed by atoms with van der Waals surface area (Å²) in [6.45, 7) is 5.18. The molecule has 2 heterocycles. The highest BCUT2D eigenvalue weighted by Crippen LogP contribution is 2.38. The normalized spacial score (nSPS) is 16.1. The van der Waals surface area contributed by atoms with Gasteiger partial charge in [0.1, 0.15) is 0 Å². The number of nitrogens with zero attached hydrogens (tertiary/aromatic N) is 2. The van der Waals surface area contributed by atoms with Crippen LogP contribution in [0.5, 0.6) is 0 Å². The number of piperidine rings is 2. The number of carboxylic acid groups (broad SMARTS) is 1. The summed E-state index contributed by atoms with van der Waals surface area (Å²) in [6.07, 6.45) is 2.14. The first-order chi connectivity index (χ1) is 24.2. The molecule has 0 spiro atoms. The molecule has 0 unspecified atom stereocenters.